The van der Waals surface area contributed by atoms with Crippen LogP contribution >= 0.6 is 0 Å². The Labute approximate surface area is 153 Å². The second-order valence-electron chi connectivity index (χ2n) is 6.51. The second-order valence-corrected chi connectivity index (χ2v) is 6.51. The van der Waals surface area contributed by atoms with Gasteiger partial charge in [-0.05, 0) is 26.8 Å². The van der Waals surface area contributed by atoms with Gasteiger partial charge in [0.1, 0.15) is 5.69 Å². The highest BCUT2D eigenvalue weighted by atomic mass is 19.4. The van der Waals surface area contributed by atoms with Crippen molar-refractivity contribution in [3.8, 4) is 0 Å². The van der Waals surface area contributed by atoms with E-state index < -0.39 is 17.8 Å². The maximum absolute atomic E-state index is 13.3. The highest BCUT2D eigenvalue weighted by molar-refractivity contribution is 5.93. The monoisotopic (exact) mass is 380 g/mol. The van der Waals surface area contributed by atoms with E-state index in [1.807, 2.05) is 20.9 Å². The predicted molar refractivity (Wildman–Crippen MR) is 91.2 cm³/mol. The first-order chi connectivity index (χ1) is 12.5. The van der Waals surface area contributed by atoms with Gasteiger partial charge >= 0.3 is 6.18 Å². The molecule has 0 spiro atoms. The Morgan fingerprint density at radius 3 is 2.41 bits per heavy atom. The van der Waals surface area contributed by atoms with Crippen molar-refractivity contribution in [2.75, 3.05) is 7.05 Å². The normalized spacial score (nSPS) is 12.0. The Balaban J connectivity index is 1.96. The fraction of sp³-hybridized carbons (Fsp3) is 0.412. The van der Waals surface area contributed by atoms with Crippen molar-refractivity contribution >= 4 is 11.6 Å². The van der Waals surface area contributed by atoms with Crippen molar-refractivity contribution in [1.29, 1.82) is 0 Å². The minimum Gasteiger partial charge on any atom is -0.336 e. The first-order valence-electron chi connectivity index (χ1n) is 8.18. The molecule has 0 N–H and O–H groups in total. The van der Waals surface area contributed by atoms with Crippen molar-refractivity contribution in [1.82, 2.24) is 29.3 Å². The fourth-order valence-electron chi connectivity index (χ4n) is 2.96. The average molecular weight is 380 g/mol. The number of aryl methyl sites for hydroxylation is 3. The zero-order valence-corrected chi connectivity index (χ0v) is 15.6. The quantitative estimate of drug-likeness (QED) is 0.701. The molecular formula is C17H19F3N6O. The Morgan fingerprint density at radius 1 is 1.19 bits per heavy atom. The molecule has 0 unspecified atom stereocenters. The van der Waals surface area contributed by atoms with Crippen LogP contribution in [0.1, 0.15) is 38.8 Å². The number of carbonyl (C=O) groups excluding carboxylic acids is 1. The van der Waals surface area contributed by atoms with Crippen molar-refractivity contribution in [3.05, 3.63) is 46.2 Å². The summed E-state index contributed by atoms with van der Waals surface area (Å²) in [7, 11) is 3.38. The van der Waals surface area contributed by atoms with Gasteiger partial charge in [0.05, 0.1) is 5.69 Å². The summed E-state index contributed by atoms with van der Waals surface area (Å²) in [5.74, 6) is -0.492. The molecule has 0 radical (unpaired) electrons. The molecule has 144 valence electrons. The minimum absolute atomic E-state index is 0.0205. The maximum Gasteiger partial charge on any atom is 0.433 e. The van der Waals surface area contributed by atoms with E-state index >= 15 is 0 Å². The third-order valence-corrected chi connectivity index (χ3v) is 4.47. The maximum atomic E-state index is 13.3. The molecule has 10 heteroatoms. The molecule has 27 heavy (non-hydrogen) atoms. The molecule has 3 rings (SSSR count). The predicted octanol–water partition coefficient (Wildman–Crippen LogP) is 2.68. The van der Waals surface area contributed by atoms with Crippen molar-refractivity contribution < 1.29 is 18.0 Å². The number of aromatic nitrogens is 5. The number of rotatable bonds is 3. The lowest BCUT2D eigenvalue weighted by Crippen LogP contribution is -2.27. The summed E-state index contributed by atoms with van der Waals surface area (Å²) < 4.78 is 42.1. The largest absolute Gasteiger partial charge is 0.433 e. The van der Waals surface area contributed by atoms with E-state index in [-0.39, 0.29) is 23.6 Å². The smallest absolute Gasteiger partial charge is 0.336 e. The summed E-state index contributed by atoms with van der Waals surface area (Å²) in [6.07, 6.45) is -4.60. The lowest BCUT2D eigenvalue weighted by molar-refractivity contribution is -0.142. The van der Waals surface area contributed by atoms with Gasteiger partial charge in [0.25, 0.3) is 5.91 Å². The second kappa shape index (κ2) is 6.36. The Kier molecular flexibility index (Phi) is 4.44. The van der Waals surface area contributed by atoms with Gasteiger partial charge in [-0.2, -0.15) is 23.4 Å². The van der Waals surface area contributed by atoms with Gasteiger partial charge in [0.2, 0.25) is 0 Å². The van der Waals surface area contributed by atoms with E-state index in [1.54, 1.807) is 11.7 Å². The standard InChI is InChI=1S/C17H19F3N6O/c1-9-6-14(17(18,19)20)26-15(21-9)7-13(23-26)16(27)24(4)8-12-10(2)22-25(5)11(12)3/h6-7H,8H2,1-5H3. The first kappa shape index (κ1) is 18.9. The molecule has 3 aromatic heterocycles. The van der Waals surface area contributed by atoms with Crippen molar-refractivity contribution in [2.24, 2.45) is 7.05 Å². The highest BCUT2D eigenvalue weighted by Crippen LogP contribution is 2.30. The highest BCUT2D eigenvalue weighted by Gasteiger charge is 2.35. The molecule has 0 aliphatic heterocycles. The van der Waals surface area contributed by atoms with Gasteiger partial charge in [-0.25, -0.2) is 9.50 Å². The Bertz CT molecular complexity index is 1030. The SMILES string of the molecule is Cc1cc(C(F)(F)F)n2nc(C(=O)N(C)Cc3c(C)nn(C)c3C)cc2n1. The fourth-order valence-corrected chi connectivity index (χ4v) is 2.96. The molecule has 0 aliphatic rings. The first-order valence-corrected chi connectivity index (χ1v) is 8.18. The molecule has 3 heterocycles. The summed E-state index contributed by atoms with van der Waals surface area (Å²) in [5.41, 5.74) is 1.71. The van der Waals surface area contributed by atoms with Crippen LogP contribution in [0, 0.1) is 20.8 Å². The van der Waals surface area contributed by atoms with E-state index in [2.05, 4.69) is 15.2 Å². The van der Waals surface area contributed by atoms with Gasteiger partial charge in [-0.3, -0.25) is 9.48 Å². The molecule has 0 bridgehead atoms. The summed E-state index contributed by atoms with van der Waals surface area (Å²) in [6.45, 7) is 5.47. The van der Waals surface area contributed by atoms with Crippen LogP contribution in [0.4, 0.5) is 13.2 Å². The van der Waals surface area contributed by atoms with Crippen LogP contribution in [0.3, 0.4) is 0 Å². The molecule has 0 aromatic carbocycles. The number of alkyl halides is 3. The molecule has 1 amide bonds. The van der Waals surface area contributed by atoms with E-state index in [4.69, 9.17) is 0 Å². The van der Waals surface area contributed by atoms with Gasteiger partial charge < -0.3 is 4.90 Å². The van der Waals surface area contributed by atoms with Gasteiger partial charge in [-0.1, -0.05) is 0 Å². The average Bonchev–Trinajstić information content (AvgIpc) is 3.08. The Hall–Kier alpha value is -2.91. The zero-order chi connectivity index (χ0) is 20.1. The minimum atomic E-state index is -4.60. The number of nitrogens with zero attached hydrogens (tertiary/aromatic N) is 6. The molecule has 0 aliphatic carbocycles. The van der Waals surface area contributed by atoms with E-state index in [0.717, 1.165) is 23.0 Å². The van der Waals surface area contributed by atoms with Crippen molar-refractivity contribution in [3.63, 3.8) is 0 Å². The van der Waals surface area contributed by atoms with Crippen LogP contribution in [-0.4, -0.2) is 42.2 Å². The van der Waals surface area contributed by atoms with Crippen LogP contribution in [0.2, 0.25) is 0 Å². The number of hydrogen-bond donors (Lipinski definition) is 0. The molecule has 0 atom stereocenters. The summed E-state index contributed by atoms with van der Waals surface area (Å²) in [4.78, 5) is 18.2. The summed E-state index contributed by atoms with van der Waals surface area (Å²) in [6, 6.07) is 2.17. The molecule has 3 aromatic rings. The molecule has 0 saturated carbocycles. The zero-order valence-electron chi connectivity index (χ0n) is 15.6. The third kappa shape index (κ3) is 3.38. The van der Waals surface area contributed by atoms with E-state index in [0.29, 0.717) is 4.52 Å². The van der Waals surface area contributed by atoms with Crippen LogP contribution in [0.5, 0.6) is 0 Å². The van der Waals surface area contributed by atoms with Gasteiger partial charge in [0.15, 0.2) is 11.3 Å². The number of fused-ring (bicyclic) bond motifs is 1. The summed E-state index contributed by atoms with van der Waals surface area (Å²) >= 11 is 0. The molecular weight excluding hydrogens is 361 g/mol. The number of carbonyl (C=O) groups is 1. The van der Waals surface area contributed by atoms with Crippen LogP contribution in [0.25, 0.3) is 5.65 Å². The molecule has 0 saturated heterocycles. The Morgan fingerprint density at radius 2 is 1.85 bits per heavy atom. The lowest BCUT2D eigenvalue weighted by Gasteiger charge is -2.16. The number of halogens is 3. The number of hydrogen-bond acceptors (Lipinski definition) is 4. The van der Waals surface area contributed by atoms with Crippen LogP contribution < -0.4 is 0 Å². The lowest BCUT2D eigenvalue weighted by atomic mass is 10.2. The molecule has 7 nitrogen and oxygen atoms in total. The van der Waals surface area contributed by atoms with Gasteiger partial charge in [0, 0.05) is 43.7 Å². The number of amides is 1. The van der Waals surface area contributed by atoms with Gasteiger partial charge in [-0.15, -0.1) is 0 Å². The summed E-state index contributed by atoms with van der Waals surface area (Å²) in [5, 5.41) is 8.16. The third-order valence-electron chi connectivity index (χ3n) is 4.47. The van der Waals surface area contributed by atoms with Crippen molar-refractivity contribution in [2.45, 2.75) is 33.5 Å². The topological polar surface area (TPSA) is 68.3 Å². The van der Waals surface area contributed by atoms with Crippen LogP contribution in [0.15, 0.2) is 12.1 Å². The van der Waals surface area contributed by atoms with E-state index in [9.17, 15) is 18.0 Å². The molecule has 0 fully saturated rings. The van der Waals surface area contributed by atoms with Crippen LogP contribution in [-0.2, 0) is 19.8 Å². The van der Waals surface area contributed by atoms with E-state index in [1.165, 1.54) is 17.9 Å².